The number of rotatable bonds is 5. The largest absolute Gasteiger partial charge is 0.374 e. The van der Waals surface area contributed by atoms with Crippen molar-refractivity contribution < 1.29 is 4.74 Å². The molecule has 1 aromatic carbocycles. The molecule has 1 aliphatic rings. The summed E-state index contributed by atoms with van der Waals surface area (Å²) in [6.07, 6.45) is -0.104. The van der Waals surface area contributed by atoms with Gasteiger partial charge in [0.15, 0.2) is 5.56 Å². The first-order valence-corrected chi connectivity index (χ1v) is 8.83. The Morgan fingerprint density at radius 2 is 1.96 bits per heavy atom. The fourth-order valence-corrected chi connectivity index (χ4v) is 3.25. The molecule has 0 spiro atoms. The van der Waals surface area contributed by atoms with Gasteiger partial charge in [0.2, 0.25) is 0 Å². The van der Waals surface area contributed by atoms with Crippen molar-refractivity contribution >= 4 is 5.82 Å². The second-order valence-corrected chi connectivity index (χ2v) is 6.64. The van der Waals surface area contributed by atoms with Crippen LogP contribution in [0.1, 0.15) is 11.1 Å². The highest BCUT2D eigenvalue weighted by Crippen LogP contribution is 2.12. The average Bonchev–Trinajstić information content (AvgIpc) is 2.69. The van der Waals surface area contributed by atoms with E-state index in [1.807, 2.05) is 24.3 Å². The van der Waals surface area contributed by atoms with Crippen molar-refractivity contribution in [3.63, 3.8) is 0 Å². The van der Waals surface area contributed by atoms with Crippen LogP contribution >= 0.6 is 0 Å². The highest BCUT2D eigenvalue weighted by Gasteiger charge is 2.22. The van der Waals surface area contributed by atoms with Crippen molar-refractivity contribution in [2.45, 2.75) is 12.6 Å². The van der Waals surface area contributed by atoms with Crippen LogP contribution in [0.25, 0.3) is 0 Å². The van der Waals surface area contributed by atoms with Gasteiger partial charge in [-0.05, 0) is 5.56 Å². The molecule has 1 aromatic heterocycles. The quantitative estimate of drug-likeness (QED) is 0.813. The zero-order valence-electron chi connectivity index (χ0n) is 15.5. The number of hydrogen-bond donors (Lipinski definition) is 1. The number of anilines is 1. The lowest BCUT2D eigenvalue weighted by Gasteiger charge is -2.33. The second kappa shape index (κ2) is 8.20. The minimum atomic E-state index is -0.599. The fraction of sp³-hybridized carbons (Fsp3) is 0.421. The minimum absolute atomic E-state index is 0.0726. The van der Waals surface area contributed by atoms with Crippen LogP contribution in [0.5, 0.6) is 0 Å². The molecular formula is C19H23N5O3. The lowest BCUT2D eigenvalue weighted by molar-refractivity contribution is -0.0241. The molecule has 3 rings (SSSR count). The monoisotopic (exact) mass is 369 g/mol. The summed E-state index contributed by atoms with van der Waals surface area (Å²) in [6, 6.07) is 12.1. The molecule has 1 aliphatic heterocycles. The van der Waals surface area contributed by atoms with E-state index in [1.54, 1.807) is 0 Å². The van der Waals surface area contributed by atoms with Crippen molar-refractivity contribution in [3.8, 4) is 6.07 Å². The van der Waals surface area contributed by atoms with Crippen molar-refractivity contribution in [1.82, 2.24) is 14.0 Å². The first-order chi connectivity index (χ1) is 13.0. The number of nitriles is 1. The van der Waals surface area contributed by atoms with Gasteiger partial charge < -0.3 is 10.1 Å². The third kappa shape index (κ3) is 4.10. The predicted molar refractivity (Wildman–Crippen MR) is 102 cm³/mol. The SMILES string of the molecule is Cn1c(NC[C@@H]2CN(Cc3ccccc3)CCO2)c(C#N)c(=O)n(C)c1=O. The summed E-state index contributed by atoms with van der Waals surface area (Å²) in [5, 5.41) is 12.4. The number of morpholine rings is 1. The number of ether oxygens (including phenoxy) is 1. The van der Waals surface area contributed by atoms with Crippen LogP contribution in [0, 0.1) is 11.3 Å². The Balaban J connectivity index is 1.69. The Hall–Kier alpha value is -2.89. The maximum absolute atomic E-state index is 12.1. The van der Waals surface area contributed by atoms with Gasteiger partial charge in [0.05, 0.1) is 12.7 Å². The molecule has 8 heteroatoms. The number of nitrogens with one attached hydrogen (secondary N) is 1. The van der Waals surface area contributed by atoms with Gasteiger partial charge in [-0.3, -0.25) is 18.8 Å². The van der Waals surface area contributed by atoms with Crippen LogP contribution in [0.3, 0.4) is 0 Å². The molecule has 2 heterocycles. The Morgan fingerprint density at radius 1 is 1.22 bits per heavy atom. The van der Waals surface area contributed by atoms with Crippen LogP contribution < -0.4 is 16.6 Å². The van der Waals surface area contributed by atoms with E-state index < -0.39 is 11.2 Å². The standard InChI is InChI=1S/C19H23N5O3/c1-22-17(16(10-20)18(25)23(2)19(22)26)21-11-15-13-24(8-9-27-15)12-14-6-4-3-5-7-14/h3-7,15,21H,8-9,11-13H2,1-2H3/t15-/m1/s1. The van der Waals surface area contributed by atoms with Crippen LogP contribution in [-0.4, -0.2) is 46.4 Å². The van der Waals surface area contributed by atoms with Gasteiger partial charge in [-0.25, -0.2) is 4.79 Å². The van der Waals surface area contributed by atoms with Gasteiger partial charge in [-0.2, -0.15) is 5.26 Å². The molecule has 0 saturated carbocycles. The Labute approximate surface area is 157 Å². The van der Waals surface area contributed by atoms with Crippen molar-refractivity contribution in [2.24, 2.45) is 14.1 Å². The van der Waals surface area contributed by atoms with Crippen molar-refractivity contribution in [1.29, 1.82) is 5.26 Å². The molecule has 2 aromatic rings. The van der Waals surface area contributed by atoms with Crippen molar-refractivity contribution in [3.05, 3.63) is 62.3 Å². The highest BCUT2D eigenvalue weighted by molar-refractivity contribution is 5.51. The van der Waals surface area contributed by atoms with Gasteiger partial charge in [0.1, 0.15) is 11.9 Å². The Kier molecular flexibility index (Phi) is 5.74. The van der Waals surface area contributed by atoms with E-state index in [0.29, 0.717) is 13.2 Å². The van der Waals surface area contributed by atoms with Gasteiger partial charge >= 0.3 is 5.69 Å². The van der Waals surface area contributed by atoms with Gasteiger partial charge in [0.25, 0.3) is 5.56 Å². The first kappa shape index (κ1) is 18.9. The molecule has 1 fully saturated rings. The smallest absolute Gasteiger partial charge is 0.332 e. The van der Waals surface area contributed by atoms with Crippen LogP contribution in [-0.2, 0) is 25.4 Å². The third-order valence-corrected chi connectivity index (χ3v) is 4.75. The van der Waals surface area contributed by atoms with Gasteiger partial charge in [-0.15, -0.1) is 0 Å². The lowest BCUT2D eigenvalue weighted by atomic mass is 10.2. The van der Waals surface area contributed by atoms with E-state index in [1.165, 1.54) is 24.2 Å². The summed E-state index contributed by atoms with van der Waals surface area (Å²) >= 11 is 0. The number of aromatic nitrogens is 2. The predicted octanol–water partition coefficient (Wildman–Crippen LogP) is 0.269. The number of nitrogens with zero attached hydrogens (tertiary/aromatic N) is 4. The number of hydrogen-bond acceptors (Lipinski definition) is 6. The van der Waals surface area contributed by atoms with E-state index in [4.69, 9.17) is 4.74 Å². The van der Waals surface area contributed by atoms with Crippen LogP contribution in [0.2, 0.25) is 0 Å². The summed E-state index contributed by atoms with van der Waals surface area (Å²) < 4.78 is 8.02. The molecule has 8 nitrogen and oxygen atoms in total. The molecule has 0 unspecified atom stereocenters. The molecule has 0 bridgehead atoms. The average molecular weight is 369 g/mol. The van der Waals surface area contributed by atoms with Gasteiger partial charge in [0, 0.05) is 40.3 Å². The van der Waals surface area contributed by atoms with Crippen LogP contribution in [0.4, 0.5) is 5.82 Å². The molecule has 27 heavy (non-hydrogen) atoms. The molecule has 1 atom stereocenters. The maximum atomic E-state index is 12.1. The normalized spacial score (nSPS) is 17.4. The third-order valence-electron chi connectivity index (χ3n) is 4.75. The molecule has 1 N–H and O–H groups in total. The topological polar surface area (TPSA) is 92.3 Å². The zero-order valence-corrected chi connectivity index (χ0v) is 15.5. The highest BCUT2D eigenvalue weighted by atomic mass is 16.5. The van der Waals surface area contributed by atoms with Crippen LogP contribution in [0.15, 0.2) is 39.9 Å². The van der Waals surface area contributed by atoms with E-state index in [0.717, 1.165) is 24.2 Å². The Morgan fingerprint density at radius 3 is 2.67 bits per heavy atom. The molecule has 0 amide bonds. The fourth-order valence-electron chi connectivity index (χ4n) is 3.25. The van der Waals surface area contributed by atoms with E-state index in [-0.39, 0.29) is 17.5 Å². The van der Waals surface area contributed by atoms with E-state index in [9.17, 15) is 14.9 Å². The molecule has 1 saturated heterocycles. The summed E-state index contributed by atoms with van der Waals surface area (Å²) in [5.41, 5.74) is 0.0958. The van der Waals surface area contributed by atoms with E-state index >= 15 is 0 Å². The molecule has 142 valence electrons. The lowest BCUT2D eigenvalue weighted by Crippen LogP contribution is -2.46. The minimum Gasteiger partial charge on any atom is -0.374 e. The van der Waals surface area contributed by atoms with Gasteiger partial charge in [-0.1, -0.05) is 30.3 Å². The first-order valence-electron chi connectivity index (χ1n) is 8.83. The maximum Gasteiger partial charge on any atom is 0.332 e. The molecule has 0 aliphatic carbocycles. The summed E-state index contributed by atoms with van der Waals surface area (Å²) in [4.78, 5) is 26.6. The molecular weight excluding hydrogens is 346 g/mol. The van der Waals surface area contributed by atoms with Crippen molar-refractivity contribution in [2.75, 3.05) is 31.6 Å². The summed E-state index contributed by atoms with van der Waals surface area (Å²) in [6.45, 7) is 3.43. The zero-order chi connectivity index (χ0) is 19.4. The summed E-state index contributed by atoms with van der Waals surface area (Å²) in [7, 11) is 2.90. The Bertz CT molecular complexity index is 958. The second-order valence-electron chi connectivity index (χ2n) is 6.64. The van der Waals surface area contributed by atoms with E-state index in [2.05, 4.69) is 22.3 Å². The number of benzene rings is 1. The summed E-state index contributed by atoms with van der Waals surface area (Å²) in [5.74, 6) is 0.231. The molecule has 0 radical (unpaired) electrons.